The van der Waals surface area contributed by atoms with Gasteiger partial charge in [0, 0.05) is 26.2 Å². The Morgan fingerprint density at radius 2 is 1.75 bits per heavy atom. The number of amides is 2. The number of nitrogens with one attached hydrogen (secondary N) is 1. The second-order valence-electron chi connectivity index (χ2n) is 5.48. The molecule has 0 aliphatic rings. The van der Waals surface area contributed by atoms with Crippen LogP contribution >= 0.6 is 0 Å². The van der Waals surface area contributed by atoms with Gasteiger partial charge in [0.15, 0.2) is 0 Å². The fourth-order valence-electron chi connectivity index (χ4n) is 1.49. The quantitative estimate of drug-likeness (QED) is 0.590. The molecule has 0 aliphatic heterocycles. The van der Waals surface area contributed by atoms with Crippen LogP contribution in [0, 0.1) is 0 Å². The number of ether oxygens (including phenoxy) is 1. The van der Waals surface area contributed by atoms with Crippen molar-refractivity contribution < 1.29 is 24.5 Å². The number of rotatable bonds is 8. The SMILES string of the molecule is CC(C)(C)OC(=O)NCCCN(CCCCO)C(=O)O. The Balaban J connectivity index is 3.83. The molecule has 7 heteroatoms. The van der Waals surface area contributed by atoms with Crippen LogP contribution in [-0.4, -0.2) is 59.1 Å². The van der Waals surface area contributed by atoms with Gasteiger partial charge in [0.2, 0.25) is 0 Å². The Kier molecular flexibility index (Phi) is 8.71. The smallest absolute Gasteiger partial charge is 0.407 e. The molecule has 0 fully saturated rings. The van der Waals surface area contributed by atoms with Crippen LogP contribution in [0.25, 0.3) is 0 Å². The minimum atomic E-state index is -0.986. The molecule has 2 amide bonds. The number of alkyl carbamates (subject to hydrolysis) is 1. The lowest BCUT2D eigenvalue weighted by molar-refractivity contribution is 0.0526. The molecule has 3 N–H and O–H groups in total. The van der Waals surface area contributed by atoms with Crippen LogP contribution in [0.5, 0.6) is 0 Å². The van der Waals surface area contributed by atoms with E-state index in [2.05, 4.69) is 5.32 Å². The fourth-order valence-corrected chi connectivity index (χ4v) is 1.49. The van der Waals surface area contributed by atoms with Crippen LogP contribution in [0.15, 0.2) is 0 Å². The van der Waals surface area contributed by atoms with Gasteiger partial charge in [0.05, 0.1) is 0 Å². The van der Waals surface area contributed by atoms with Crippen molar-refractivity contribution >= 4 is 12.2 Å². The lowest BCUT2D eigenvalue weighted by atomic mass is 10.2. The van der Waals surface area contributed by atoms with Crippen molar-refractivity contribution in [3.05, 3.63) is 0 Å². The zero-order chi connectivity index (χ0) is 15.6. The lowest BCUT2D eigenvalue weighted by Crippen LogP contribution is -2.36. The maximum Gasteiger partial charge on any atom is 0.407 e. The highest BCUT2D eigenvalue weighted by atomic mass is 16.6. The van der Waals surface area contributed by atoms with E-state index in [1.54, 1.807) is 20.8 Å². The largest absolute Gasteiger partial charge is 0.465 e. The van der Waals surface area contributed by atoms with E-state index >= 15 is 0 Å². The Bertz CT molecular complexity index is 302. The summed E-state index contributed by atoms with van der Waals surface area (Å²) in [7, 11) is 0. The van der Waals surface area contributed by atoms with E-state index in [1.807, 2.05) is 0 Å². The third-order valence-corrected chi connectivity index (χ3v) is 2.38. The summed E-state index contributed by atoms with van der Waals surface area (Å²) in [6, 6.07) is 0. The van der Waals surface area contributed by atoms with Gasteiger partial charge >= 0.3 is 12.2 Å². The molecule has 0 saturated heterocycles. The normalized spacial score (nSPS) is 11.0. The van der Waals surface area contributed by atoms with Crippen molar-refractivity contribution in [2.24, 2.45) is 0 Å². The summed E-state index contributed by atoms with van der Waals surface area (Å²) in [6.45, 7) is 6.49. The Hall–Kier alpha value is -1.50. The molecular formula is C13H26N2O5. The van der Waals surface area contributed by atoms with Crippen molar-refractivity contribution in [3.63, 3.8) is 0 Å². The lowest BCUT2D eigenvalue weighted by Gasteiger charge is -2.21. The molecule has 0 unspecified atom stereocenters. The summed E-state index contributed by atoms with van der Waals surface area (Å²) < 4.78 is 5.06. The van der Waals surface area contributed by atoms with E-state index < -0.39 is 17.8 Å². The first-order valence-electron chi connectivity index (χ1n) is 6.82. The highest BCUT2D eigenvalue weighted by Gasteiger charge is 2.16. The van der Waals surface area contributed by atoms with Gasteiger partial charge in [-0.25, -0.2) is 9.59 Å². The summed E-state index contributed by atoms with van der Waals surface area (Å²) in [5.74, 6) is 0. The minimum absolute atomic E-state index is 0.0632. The van der Waals surface area contributed by atoms with E-state index in [1.165, 1.54) is 4.90 Å². The minimum Gasteiger partial charge on any atom is -0.465 e. The summed E-state index contributed by atoms with van der Waals surface area (Å²) in [5, 5.41) is 20.2. The molecule has 0 radical (unpaired) electrons. The molecular weight excluding hydrogens is 264 g/mol. The maximum absolute atomic E-state index is 11.4. The molecule has 0 aromatic heterocycles. The number of aliphatic hydroxyl groups excluding tert-OH is 1. The summed E-state index contributed by atoms with van der Waals surface area (Å²) in [5.41, 5.74) is -0.540. The summed E-state index contributed by atoms with van der Waals surface area (Å²) >= 11 is 0. The highest BCUT2D eigenvalue weighted by Crippen LogP contribution is 2.06. The molecule has 0 rings (SSSR count). The van der Waals surface area contributed by atoms with Crippen LogP contribution < -0.4 is 5.32 Å². The van der Waals surface area contributed by atoms with Crippen molar-refractivity contribution in [1.29, 1.82) is 0 Å². The monoisotopic (exact) mass is 290 g/mol. The molecule has 0 aromatic rings. The molecule has 118 valence electrons. The van der Waals surface area contributed by atoms with Crippen molar-refractivity contribution in [2.75, 3.05) is 26.2 Å². The number of carboxylic acid groups (broad SMARTS) is 1. The van der Waals surface area contributed by atoms with Gasteiger partial charge in [0.25, 0.3) is 0 Å². The molecule has 20 heavy (non-hydrogen) atoms. The zero-order valence-corrected chi connectivity index (χ0v) is 12.5. The topological polar surface area (TPSA) is 99.1 Å². The van der Waals surface area contributed by atoms with Crippen molar-refractivity contribution in [1.82, 2.24) is 10.2 Å². The molecule has 0 spiro atoms. The third kappa shape index (κ3) is 10.4. The van der Waals surface area contributed by atoms with Crippen molar-refractivity contribution in [3.8, 4) is 0 Å². The van der Waals surface area contributed by atoms with Gasteiger partial charge in [-0.05, 0) is 40.0 Å². The molecule has 0 heterocycles. The van der Waals surface area contributed by atoms with Crippen LogP contribution in [0.3, 0.4) is 0 Å². The van der Waals surface area contributed by atoms with Gasteiger partial charge in [-0.15, -0.1) is 0 Å². The molecule has 7 nitrogen and oxygen atoms in total. The van der Waals surface area contributed by atoms with Gasteiger partial charge < -0.3 is 25.2 Å². The first-order chi connectivity index (χ1) is 9.26. The van der Waals surface area contributed by atoms with E-state index in [9.17, 15) is 9.59 Å². The van der Waals surface area contributed by atoms with Crippen molar-refractivity contribution in [2.45, 2.75) is 45.6 Å². The predicted molar refractivity (Wildman–Crippen MR) is 74.8 cm³/mol. The first kappa shape index (κ1) is 18.5. The van der Waals surface area contributed by atoms with E-state index in [4.69, 9.17) is 14.9 Å². The Labute approximate surface area is 119 Å². The van der Waals surface area contributed by atoms with E-state index in [-0.39, 0.29) is 6.61 Å². The molecule has 0 aliphatic carbocycles. The van der Waals surface area contributed by atoms with Gasteiger partial charge in [-0.2, -0.15) is 0 Å². The maximum atomic E-state index is 11.4. The average molecular weight is 290 g/mol. The second kappa shape index (κ2) is 9.41. The van der Waals surface area contributed by atoms with Crippen LogP contribution in [0.4, 0.5) is 9.59 Å². The number of hydrogen-bond donors (Lipinski definition) is 3. The molecule has 0 saturated carbocycles. The number of unbranched alkanes of at least 4 members (excludes halogenated alkanes) is 1. The summed E-state index contributed by atoms with van der Waals surface area (Å²) in [4.78, 5) is 23.6. The van der Waals surface area contributed by atoms with E-state index in [0.29, 0.717) is 38.9 Å². The highest BCUT2D eigenvalue weighted by molar-refractivity contribution is 5.67. The Morgan fingerprint density at radius 1 is 1.15 bits per heavy atom. The first-order valence-corrected chi connectivity index (χ1v) is 6.82. The zero-order valence-electron chi connectivity index (χ0n) is 12.5. The third-order valence-electron chi connectivity index (χ3n) is 2.38. The van der Waals surface area contributed by atoms with Crippen LogP contribution in [0.1, 0.15) is 40.0 Å². The number of hydrogen-bond acceptors (Lipinski definition) is 4. The number of aliphatic hydroxyl groups is 1. The standard InChI is InChI=1S/C13H26N2O5/c1-13(2,3)20-11(17)14-7-6-9-15(12(18)19)8-4-5-10-16/h16H,4-10H2,1-3H3,(H,14,17)(H,18,19). The second-order valence-corrected chi connectivity index (χ2v) is 5.48. The van der Waals surface area contributed by atoms with Gasteiger partial charge in [0.1, 0.15) is 5.60 Å². The Morgan fingerprint density at radius 3 is 2.25 bits per heavy atom. The van der Waals surface area contributed by atoms with Gasteiger partial charge in [-0.1, -0.05) is 0 Å². The molecule has 0 atom stereocenters. The fraction of sp³-hybridized carbons (Fsp3) is 0.846. The molecule has 0 bridgehead atoms. The van der Waals surface area contributed by atoms with Crippen LogP contribution in [-0.2, 0) is 4.74 Å². The predicted octanol–water partition coefficient (Wildman–Crippen LogP) is 1.65. The van der Waals surface area contributed by atoms with E-state index in [0.717, 1.165) is 0 Å². The number of nitrogens with zero attached hydrogens (tertiary/aromatic N) is 1. The van der Waals surface area contributed by atoms with Gasteiger partial charge in [-0.3, -0.25) is 0 Å². The number of carbonyl (C=O) groups is 2. The molecule has 0 aromatic carbocycles. The number of carbonyl (C=O) groups excluding carboxylic acids is 1. The van der Waals surface area contributed by atoms with Crippen LogP contribution in [0.2, 0.25) is 0 Å². The summed E-state index contributed by atoms with van der Waals surface area (Å²) in [6.07, 6.45) is 0.243. The average Bonchev–Trinajstić information content (AvgIpc) is 2.29.